The standard InChI is InChI=1S/C22H24Cl2O3/c1-14-6-8-16(18(23)11-14)22(17-9-7-15(2)12-19(17)24)20(25)13-27-21-5-3-4-10-26-21/h6-9,11-12,21-22H,3-5,10,13H2,1-2H3. The molecule has 0 bridgehead atoms. The van der Waals surface area contributed by atoms with Crippen molar-refractivity contribution < 1.29 is 14.3 Å². The quantitative estimate of drug-likeness (QED) is 0.602. The van der Waals surface area contributed by atoms with E-state index in [-0.39, 0.29) is 18.7 Å². The lowest BCUT2D eigenvalue weighted by Gasteiger charge is -2.24. The Morgan fingerprint density at radius 2 is 1.67 bits per heavy atom. The maximum absolute atomic E-state index is 13.2. The first-order valence-corrected chi connectivity index (χ1v) is 9.99. The molecule has 0 aliphatic carbocycles. The van der Waals surface area contributed by atoms with Crippen LogP contribution in [0.3, 0.4) is 0 Å². The van der Waals surface area contributed by atoms with E-state index in [4.69, 9.17) is 32.7 Å². The molecule has 1 heterocycles. The first-order chi connectivity index (χ1) is 13.0. The topological polar surface area (TPSA) is 35.5 Å². The number of carbonyl (C=O) groups is 1. The van der Waals surface area contributed by atoms with Gasteiger partial charge >= 0.3 is 0 Å². The third kappa shape index (κ3) is 5.11. The summed E-state index contributed by atoms with van der Waals surface area (Å²) in [6.07, 6.45) is 2.59. The number of halogens is 2. The highest BCUT2D eigenvalue weighted by Crippen LogP contribution is 2.36. The van der Waals surface area contributed by atoms with Crippen molar-refractivity contribution in [3.8, 4) is 0 Å². The predicted molar refractivity (Wildman–Crippen MR) is 109 cm³/mol. The van der Waals surface area contributed by atoms with Gasteiger partial charge in [-0.2, -0.15) is 0 Å². The Bertz CT molecular complexity index is 762. The second kappa shape index (κ2) is 9.20. The minimum Gasteiger partial charge on any atom is -0.353 e. The number of ketones is 1. The molecule has 5 heteroatoms. The molecule has 0 radical (unpaired) electrons. The fourth-order valence-corrected chi connectivity index (χ4v) is 4.04. The lowest BCUT2D eigenvalue weighted by molar-refractivity contribution is -0.169. The largest absolute Gasteiger partial charge is 0.353 e. The average molecular weight is 407 g/mol. The van der Waals surface area contributed by atoms with Crippen LogP contribution < -0.4 is 0 Å². The zero-order valence-electron chi connectivity index (χ0n) is 15.6. The zero-order valence-corrected chi connectivity index (χ0v) is 17.1. The molecule has 1 fully saturated rings. The number of ether oxygens (including phenoxy) is 2. The molecule has 1 unspecified atom stereocenters. The molecule has 1 aliphatic rings. The Kier molecular flexibility index (Phi) is 6.93. The molecule has 1 saturated heterocycles. The number of hydrogen-bond donors (Lipinski definition) is 0. The second-order valence-electron chi connectivity index (χ2n) is 7.06. The van der Waals surface area contributed by atoms with Crippen LogP contribution in [0.25, 0.3) is 0 Å². The van der Waals surface area contributed by atoms with Gasteiger partial charge in [0.1, 0.15) is 6.61 Å². The number of aryl methyl sites for hydroxylation is 2. The van der Waals surface area contributed by atoms with Crippen molar-refractivity contribution >= 4 is 29.0 Å². The number of Topliss-reactive ketones (excluding diaryl/α,β-unsaturated/α-hetero) is 1. The Morgan fingerprint density at radius 1 is 1.07 bits per heavy atom. The molecular formula is C22H24Cl2O3. The third-order valence-electron chi connectivity index (χ3n) is 4.81. The molecule has 3 rings (SSSR count). The molecule has 27 heavy (non-hydrogen) atoms. The van der Waals surface area contributed by atoms with Crippen LogP contribution in [0.4, 0.5) is 0 Å². The van der Waals surface area contributed by atoms with Gasteiger partial charge in [0.15, 0.2) is 12.1 Å². The van der Waals surface area contributed by atoms with Gasteiger partial charge < -0.3 is 9.47 Å². The van der Waals surface area contributed by atoms with Crippen LogP contribution in [0.15, 0.2) is 36.4 Å². The van der Waals surface area contributed by atoms with E-state index in [1.807, 2.05) is 50.2 Å². The molecule has 0 spiro atoms. The summed E-state index contributed by atoms with van der Waals surface area (Å²) in [5, 5.41) is 1.11. The smallest absolute Gasteiger partial charge is 0.170 e. The van der Waals surface area contributed by atoms with Gasteiger partial charge in [-0.05, 0) is 67.5 Å². The summed E-state index contributed by atoms with van der Waals surface area (Å²) in [5.41, 5.74) is 3.56. The summed E-state index contributed by atoms with van der Waals surface area (Å²) < 4.78 is 11.3. The fourth-order valence-electron chi connectivity index (χ4n) is 3.35. The fraction of sp³-hybridized carbons (Fsp3) is 0.409. The Labute approximate surface area is 170 Å². The molecule has 1 atom stereocenters. The van der Waals surface area contributed by atoms with Crippen LogP contribution in [0.2, 0.25) is 10.0 Å². The van der Waals surface area contributed by atoms with Crippen molar-refractivity contribution in [2.24, 2.45) is 0 Å². The van der Waals surface area contributed by atoms with Crippen molar-refractivity contribution in [2.45, 2.75) is 45.3 Å². The molecule has 1 aliphatic heterocycles. The Balaban J connectivity index is 1.90. The van der Waals surface area contributed by atoms with Crippen molar-refractivity contribution in [1.29, 1.82) is 0 Å². The van der Waals surface area contributed by atoms with E-state index >= 15 is 0 Å². The van der Waals surface area contributed by atoms with E-state index in [1.165, 1.54) is 0 Å². The van der Waals surface area contributed by atoms with Crippen LogP contribution in [-0.2, 0) is 14.3 Å². The van der Waals surface area contributed by atoms with Crippen molar-refractivity contribution in [2.75, 3.05) is 13.2 Å². The number of benzene rings is 2. The lowest BCUT2D eigenvalue weighted by atomic mass is 9.87. The van der Waals surface area contributed by atoms with Crippen LogP contribution in [0.5, 0.6) is 0 Å². The Hall–Kier alpha value is -1.39. The number of hydrogen-bond acceptors (Lipinski definition) is 3. The highest BCUT2D eigenvalue weighted by molar-refractivity contribution is 6.33. The van der Waals surface area contributed by atoms with Gasteiger partial charge in [-0.3, -0.25) is 4.79 Å². The molecule has 3 nitrogen and oxygen atoms in total. The molecule has 0 N–H and O–H groups in total. The van der Waals surface area contributed by atoms with E-state index in [0.29, 0.717) is 16.7 Å². The first-order valence-electron chi connectivity index (χ1n) is 9.23. The minimum absolute atomic E-state index is 0.0380. The monoisotopic (exact) mass is 406 g/mol. The van der Waals surface area contributed by atoms with Gasteiger partial charge in [-0.1, -0.05) is 47.5 Å². The summed E-state index contributed by atoms with van der Waals surface area (Å²) in [4.78, 5) is 13.2. The molecule has 0 aromatic heterocycles. The highest BCUT2D eigenvalue weighted by atomic mass is 35.5. The van der Waals surface area contributed by atoms with Crippen molar-refractivity contribution in [3.63, 3.8) is 0 Å². The zero-order chi connectivity index (χ0) is 19.4. The number of carbonyl (C=O) groups excluding carboxylic acids is 1. The normalized spacial score (nSPS) is 17.3. The van der Waals surface area contributed by atoms with Crippen LogP contribution >= 0.6 is 23.2 Å². The van der Waals surface area contributed by atoms with Gasteiger partial charge in [-0.25, -0.2) is 0 Å². The van der Waals surface area contributed by atoms with E-state index in [0.717, 1.165) is 41.5 Å². The summed E-state index contributed by atoms with van der Waals surface area (Å²) >= 11 is 13.0. The maximum atomic E-state index is 13.2. The van der Waals surface area contributed by atoms with Gasteiger partial charge in [-0.15, -0.1) is 0 Å². The van der Waals surface area contributed by atoms with Crippen molar-refractivity contribution in [1.82, 2.24) is 0 Å². The van der Waals surface area contributed by atoms with E-state index in [1.54, 1.807) is 0 Å². The summed E-state index contributed by atoms with van der Waals surface area (Å²) in [5.74, 6) is -0.657. The average Bonchev–Trinajstić information content (AvgIpc) is 2.64. The first kappa shape index (κ1) is 20.3. The van der Waals surface area contributed by atoms with Crippen molar-refractivity contribution in [3.05, 3.63) is 68.7 Å². The summed E-state index contributed by atoms with van der Waals surface area (Å²) in [6.45, 7) is 4.57. The van der Waals surface area contributed by atoms with Gasteiger partial charge in [0, 0.05) is 16.7 Å². The molecule has 144 valence electrons. The minimum atomic E-state index is -0.574. The third-order valence-corrected chi connectivity index (χ3v) is 5.46. The van der Waals surface area contributed by atoms with Crippen LogP contribution in [-0.4, -0.2) is 25.3 Å². The van der Waals surface area contributed by atoms with Gasteiger partial charge in [0.2, 0.25) is 0 Å². The van der Waals surface area contributed by atoms with Crippen LogP contribution in [0.1, 0.15) is 47.4 Å². The highest BCUT2D eigenvalue weighted by Gasteiger charge is 2.28. The van der Waals surface area contributed by atoms with E-state index in [9.17, 15) is 4.79 Å². The summed E-state index contributed by atoms with van der Waals surface area (Å²) in [7, 11) is 0. The molecule has 2 aromatic carbocycles. The molecule has 0 saturated carbocycles. The molecule has 0 amide bonds. The van der Waals surface area contributed by atoms with E-state index in [2.05, 4.69) is 0 Å². The van der Waals surface area contributed by atoms with Gasteiger partial charge in [0.05, 0.1) is 5.92 Å². The van der Waals surface area contributed by atoms with E-state index < -0.39 is 5.92 Å². The number of rotatable bonds is 6. The predicted octanol–water partition coefficient (Wildman–Crippen LogP) is 5.85. The summed E-state index contributed by atoms with van der Waals surface area (Å²) in [6, 6.07) is 11.4. The van der Waals surface area contributed by atoms with Crippen LogP contribution in [0, 0.1) is 13.8 Å². The lowest BCUT2D eigenvalue weighted by Crippen LogP contribution is -2.28. The second-order valence-corrected chi connectivity index (χ2v) is 7.87. The molecule has 2 aromatic rings. The maximum Gasteiger partial charge on any atom is 0.170 e. The Morgan fingerprint density at radius 3 is 2.15 bits per heavy atom. The molecular weight excluding hydrogens is 383 g/mol. The van der Waals surface area contributed by atoms with Gasteiger partial charge in [0.25, 0.3) is 0 Å². The SMILES string of the molecule is Cc1ccc(C(C(=O)COC2CCCCO2)c2ccc(C)cc2Cl)c(Cl)c1.